The molecule has 100 valence electrons. The third-order valence-electron chi connectivity index (χ3n) is 2.81. The van der Waals surface area contributed by atoms with Gasteiger partial charge in [0, 0.05) is 18.0 Å². The molecular formula is C15H12N2O2S. The summed E-state index contributed by atoms with van der Waals surface area (Å²) in [6.07, 6.45) is 3.51. The van der Waals surface area contributed by atoms with Crippen molar-refractivity contribution in [2.45, 2.75) is 6.92 Å². The molecule has 4 nitrogen and oxygen atoms in total. The number of hydrogen-bond donors (Lipinski definition) is 0. The van der Waals surface area contributed by atoms with Gasteiger partial charge in [0.2, 0.25) is 0 Å². The van der Waals surface area contributed by atoms with Crippen LogP contribution < -0.4 is 0 Å². The van der Waals surface area contributed by atoms with Crippen molar-refractivity contribution in [2.24, 2.45) is 0 Å². The number of carbonyl (C=O) groups excluding carboxylic acids is 1. The largest absolute Gasteiger partial charge is 0.462 e. The molecule has 5 heteroatoms. The van der Waals surface area contributed by atoms with Crippen molar-refractivity contribution >= 4 is 27.5 Å². The molecule has 0 aliphatic rings. The van der Waals surface area contributed by atoms with E-state index >= 15 is 0 Å². The molecule has 0 spiro atoms. The minimum atomic E-state index is -0.300. The van der Waals surface area contributed by atoms with Crippen LogP contribution in [-0.2, 0) is 4.74 Å². The molecular weight excluding hydrogens is 272 g/mol. The fraction of sp³-hybridized carbons (Fsp3) is 0.133. The Balaban J connectivity index is 2.02. The van der Waals surface area contributed by atoms with Gasteiger partial charge in [-0.25, -0.2) is 9.78 Å². The normalized spacial score (nSPS) is 10.7. The maximum absolute atomic E-state index is 11.7. The highest BCUT2D eigenvalue weighted by Gasteiger charge is 2.11. The van der Waals surface area contributed by atoms with E-state index < -0.39 is 0 Å². The van der Waals surface area contributed by atoms with Gasteiger partial charge in [0.1, 0.15) is 5.01 Å². The first kappa shape index (κ1) is 12.7. The zero-order valence-electron chi connectivity index (χ0n) is 10.9. The molecule has 2 aromatic heterocycles. The summed E-state index contributed by atoms with van der Waals surface area (Å²) in [6.45, 7) is 2.17. The summed E-state index contributed by atoms with van der Waals surface area (Å²) < 4.78 is 5.97. The van der Waals surface area contributed by atoms with Gasteiger partial charge in [-0.15, -0.1) is 11.3 Å². The topological polar surface area (TPSA) is 52.1 Å². The molecule has 3 aromatic rings. The van der Waals surface area contributed by atoms with Gasteiger partial charge in [0.15, 0.2) is 0 Å². The number of esters is 1. The molecule has 0 atom stereocenters. The van der Waals surface area contributed by atoms with E-state index in [2.05, 4.69) is 9.97 Å². The Kier molecular flexibility index (Phi) is 3.43. The van der Waals surface area contributed by atoms with Crippen molar-refractivity contribution in [2.75, 3.05) is 6.61 Å². The summed E-state index contributed by atoms with van der Waals surface area (Å²) in [4.78, 5) is 20.4. The van der Waals surface area contributed by atoms with E-state index in [9.17, 15) is 4.79 Å². The van der Waals surface area contributed by atoms with Gasteiger partial charge in [-0.2, -0.15) is 0 Å². The molecule has 1 aromatic carbocycles. The first-order valence-electron chi connectivity index (χ1n) is 6.26. The molecule has 0 saturated carbocycles. The number of nitrogens with zero attached hydrogens (tertiary/aromatic N) is 2. The molecule has 0 saturated heterocycles. The summed E-state index contributed by atoms with van der Waals surface area (Å²) in [5.41, 5.74) is 2.41. The van der Waals surface area contributed by atoms with Crippen molar-refractivity contribution in [3.8, 4) is 10.6 Å². The third-order valence-corrected chi connectivity index (χ3v) is 3.88. The van der Waals surface area contributed by atoms with E-state index in [1.807, 2.05) is 24.3 Å². The predicted molar refractivity (Wildman–Crippen MR) is 78.8 cm³/mol. The lowest BCUT2D eigenvalue weighted by Gasteiger charge is -2.00. The Bertz CT molecular complexity index is 753. The number of thiazole rings is 1. The molecule has 0 radical (unpaired) electrons. The van der Waals surface area contributed by atoms with E-state index in [0.29, 0.717) is 12.2 Å². The highest BCUT2D eigenvalue weighted by atomic mass is 32.1. The molecule has 0 N–H and O–H groups in total. The smallest absolute Gasteiger partial charge is 0.338 e. The Morgan fingerprint density at radius 1 is 1.35 bits per heavy atom. The van der Waals surface area contributed by atoms with Crippen LogP contribution in [0.5, 0.6) is 0 Å². The fourth-order valence-corrected chi connectivity index (χ4v) is 2.87. The first-order valence-corrected chi connectivity index (χ1v) is 7.07. The summed E-state index contributed by atoms with van der Waals surface area (Å²) in [6, 6.07) is 9.26. The number of rotatable bonds is 3. The number of hydrogen-bond acceptors (Lipinski definition) is 5. The summed E-state index contributed by atoms with van der Waals surface area (Å²) in [5, 5.41) is 0.897. The zero-order chi connectivity index (χ0) is 13.9. The van der Waals surface area contributed by atoms with Gasteiger partial charge in [-0.1, -0.05) is 0 Å². The second kappa shape index (κ2) is 5.38. The SMILES string of the molecule is CCOC(=O)c1ccc2nc(-c3cccnc3)sc2c1. The predicted octanol–water partition coefficient (Wildman–Crippen LogP) is 3.54. The van der Waals surface area contributed by atoms with Crippen LogP contribution in [0.3, 0.4) is 0 Å². The van der Waals surface area contributed by atoms with Crippen LogP contribution in [0.1, 0.15) is 17.3 Å². The summed E-state index contributed by atoms with van der Waals surface area (Å²) in [5.74, 6) is -0.300. The van der Waals surface area contributed by atoms with Gasteiger partial charge in [-0.3, -0.25) is 4.98 Å². The van der Waals surface area contributed by atoms with Crippen LogP contribution in [0.4, 0.5) is 0 Å². The van der Waals surface area contributed by atoms with Crippen LogP contribution in [-0.4, -0.2) is 22.5 Å². The first-order chi connectivity index (χ1) is 9.78. The summed E-state index contributed by atoms with van der Waals surface area (Å²) in [7, 11) is 0. The molecule has 3 rings (SSSR count). The van der Waals surface area contributed by atoms with Crippen LogP contribution in [0.25, 0.3) is 20.8 Å². The number of fused-ring (bicyclic) bond motifs is 1. The average molecular weight is 284 g/mol. The van der Waals surface area contributed by atoms with Crippen LogP contribution in [0.2, 0.25) is 0 Å². The van der Waals surface area contributed by atoms with E-state index in [1.54, 1.807) is 36.7 Å². The standard InChI is InChI=1S/C15H12N2O2S/c1-2-19-15(18)10-5-6-12-13(8-10)20-14(17-12)11-4-3-7-16-9-11/h3-9H,2H2,1H3. The average Bonchev–Trinajstić information content (AvgIpc) is 2.91. The van der Waals surface area contributed by atoms with Crippen LogP contribution in [0, 0.1) is 0 Å². The number of ether oxygens (including phenoxy) is 1. The molecule has 0 fully saturated rings. The number of benzene rings is 1. The molecule has 2 heterocycles. The highest BCUT2D eigenvalue weighted by Crippen LogP contribution is 2.30. The lowest BCUT2D eigenvalue weighted by Crippen LogP contribution is -2.03. The molecule has 0 bridgehead atoms. The minimum absolute atomic E-state index is 0.300. The second-order valence-corrected chi connectivity index (χ2v) is 5.19. The van der Waals surface area contributed by atoms with Crippen molar-refractivity contribution in [3.63, 3.8) is 0 Å². The number of aromatic nitrogens is 2. The molecule has 0 amide bonds. The van der Waals surface area contributed by atoms with Gasteiger partial charge in [-0.05, 0) is 37.3 Å². The number of carbonyl (C=O) groups is 1. The van der Waals surface area contributed by atoms with Gasteiger partial charge >= 0.3 is 5.97 Å². The Labute approximate surface area is 120 Å². The Morgan fingerprint density at radius 3 is 3.00 bits per heavy atom. The van der Waals surface area contributed by atoms with Crippen LogP contribution >= 0.6 is 11.3 Å². The highest BCUT2D eigenvalue weighted by molar-refractivity contribution is 7.21. The van der Waals surface area contributed by atoms with E-state index in [-0.39, 0.29) is 5.97 Å². The maximum Gasteiger partial charge on any atom is 0.338 e. The lowest BCUT2D eigenvalue weighted by atomic mass is 10.2. The molecule has 0 unspecified atom stereocenters. The van der Waals surface area contributed by atoms with E-state index in [4.69, 9.17) is 4.74 Å². The van der Waals surface area contributed by atoms with E-state index in [0.717, 1.165) is 20.8 Å². The van der Waals surface area contributed by atoms with Crippen LogP contribution in [0.15, 0.2) is 42.7 Å². The Morgan fingerprint density at radius 2 is 2.25 bits per heavy atom. The molecule has 0 aliphatic carbocycles. The van der Waals surface area contributed by atoms with Crippen molar-refractivity contribution in [1.82, 2.24) is 9.97 Å². The maximum atomic E-state index is 11.7. The van der Waals surface area contributed by atoms with Gasteiger partial charge in [0.25, 0.3) is 0 Å². The number of pyridine rings is 1. The fourth-order valence-electron chi connectivity index (χ4n) is 1.88. The summed E-state index contributed by atoms with van der Waals surface area (Å²) >= 11 is 1.54. The van der Waals surface area contributed by atoms with Crippen molar-refractivity contribution in [1.29, 1.82) is 0 Å². The lowest BCUT2D eigenvalue weighted by molar-refractivity contribution is 0.0526. The van der Waals surface area contributed by atoms with E-state index in [1.165, 1.54) is 0 Å². The van der Waals surface area contributed by atoms with Crippen molar-refractivity contribution < 1.29 is 9.53 Å². The molecule has 20 heavy (non-hydrogen) atoms. The van der Waals surface area contributed by atoms with Crippen molar-refractivity contribution in [3.05, 3.63) is 48.3 Å². The zero-order valence-corrected chi connectivity index (χ0v) is 11.7. The second-order valence-electron chi connectivity index (χ2n) is 4.16. The Hall–Kier alpha value is -2.27. The quantitative estimate of drug-likeness (QED) is 0.690. The molecule has 0 aliphatic heterocycles. The van der Waals surface area contributed by atoms with Gasteiger partial charge < -0.3 is 4.74 Å². The third kappa shape index (κ3) is 2.40. The monoisotopic (exact) mass is 284 g/mol. The van der Waals surface area contributed by atoms with Gasteiger partial charge in [0.05, 0.1) is 22.4 Å². The minimum Gasteiger partial charge on any atom is -0.462 e.